The van der Waals surface area contributed by atoms with E-state index in [0.717, 1.165) is 12.8 Å². The lowest BCUT2D eigenvalue weighted by molar-refractivity contribution is 0.137. The topological polar surface area (TPSA) is 57.5 Å². The minimum Gasteiger partial charge on any atom is -0.450 e. The number of halogens is 2. The minimum absolute atomic E-state index is 0.306. The highest BCUT2D eigenvalue weighted by Gasteiger charge is 2.37. The Bertz CT molecular complexity index is 102. The van der Waals surface area contributed by atoms with E-state index in [2.05, 4.69) is 0 Å². The number of carbonyl (C=O) groups is 1. The summed E-state index contributed by atoms with van der Waals surface area (Å²) in [4.78, 5) is 8.56. The van der Waals surface area contributed by atoms with Crippen molar-refractivity contribution in [2.24, 2.45) is 0 Å². The predicted molar refractivity (Wildman–Crippen MR) is 34.3 cm³/mol. The number of hydrogen-bond donors (Lipinski definition) is 2. The van der Waals surface area contributed by atoms with Crippen LogP contribution in [0.5, 0.6) is 0 Å². The van der Waals surface area contributed by atoms with E-state index in [0.29, 0.717) is 0 Å². The summed E-state index contributed by atoms with van der Waals surface area (Å²) in [5.41, 5.74) is 0. The molecule has 0 bridgehead atoms. The number of carboxylic acid groups (broad SMARTS) is 2. The van der Waals surface area contributed by atoms with Gasteiger partial charge in [0.05, 0.1) is 0 Å². The largest absolute Gasteiger partial charge is 0.503 e. The van der Waals surface area contributed by atoms with Gasteiger partial charge in [0, 0.05) is 0 Å². The summed E-state index contributed by atoms with van der Waals surface area (Å²) in [5, 5.41) is 13.9. The molecule has 0 aromatic rings. The van der Waals surface area contributed by atoms with Gasteiger partial charge < -0.3 is 10.2 Å². The van der Waals surface area contributed by atoms with E-state index in [-0.39, 0.29) is 4.33 Å². The fraction of sp³-hybridized carbons (Fsp3) is 0.750. The zero-order valence-corrected chi connectivity index (χ0v) is 5.98. The highest BCUT2D eigenvalue weighted by Crippen LogP contribution is 2.46. The fourth-order valence-electron chi connectivity index (χ4n) is 0.0945. The highest BCUT2D eigenvalue weighted by molar-refractivity contribution is 6.50. The Balaban J connectivity index is 0.000000148. The third-order valence-electron chi connectivity index (χ3n) is 0.628. The van der Waals surface area contributed by atoms with Gasteiger partial charge in [0.1, 0.15) is 4.33 Å². The van der Waals surface area contributed by atoms with Crippen LogP contribution in [-0.4, -0.2) is 20.7 Å². The number of hydrogen-bond acceptors (Lipinski definition) is 1. The van der Waals surface area contributed by atoms with E-state index in [1.54, 1.807) is 0 Å². The van der Waals surface area contributed by atoms with Gasteiger partial charge in [-0.25, -0.2) is 4.79 Å². The van der Waals surface area contributed by atoms with Crippen LogP contribution in [0.1, 0.15) is 12.8 Å². The maximum atomic E-state index is 8.56. The number of rotatable bonds is 0. The average Bonchev–Trinajstić information content (AvgIpc) is 2.16. The van der Waals surface area contributed by atoms with E-state index in [1.165, 1.54) is 0 Å². The Morgan fingerprint density at radius 3 is 1.44 bits per heavy atom. The third-order valence-corrected chi connectivity index (χ3v) is 1.38. The Kier molecular flexibility index (Phi) is 3.08. The molecule has 0 aromatic carbocycles. The molecule has 54 valence electrons. The molecule has 1 rings (SSSR count). The predicted octanol–water partition coefficient (Wildman–Crippen LogP) is 2.18. The third kappa shape index (κ3) is 11.4. The first-order valence-corrected chi connectivity index (χ1v) is 2.99. The van der Waals surface area contributed by atoms with Gasteiger partial charge in [-0.1, -0.05) is 0 Å². The van der Waals surface area contributed by atoms with Crippen molar-refractivity contribution in [3.63, 3.8) is 0 Å². The Morgan fingerprint density at radius 1 is 1.33 bits per heavy atom. The number of alkyl halides is 2. The zero-order chi connectivity index (χ0) is 7.49. The summed E-state index contributed by atoms with van der Waals surface area (Å²) in [6, 6.07) is 0. The molecule has 0 spiro atoms. The standard InChI is InChI=1S/C3H4Cl2.CH2O3/c4-3(5)1-2-3;2-1(3)4/h1-2H2;(H2,2,3,4). The lowest BCUT2D eigenvalue weighted by atomic mass is 11.0. The van der Waals surface area contributed by atoms with Crippen LogP contribution in [0.4, 0.5) is 4.79 Å². The average molecular weight is 173 g/mol. The van der Waals surface area contributed by atoms with Crippen molar-refractivity contribution in [3.8, 4) is 0 Å². The van der Waals surface area contributed by atoms with Gasteiger partial charge in [-0.3, -0.25) is 0 Å². The van der Waals surface area contributed by atoms with Crippen LogP contribution in [-0.2, 0) is 0 Å². The molecule has 0 heterocycles. The second-order valence-corrected chi connectivity index (χ2v) is 3.28. The van der Waals surface area contributed by atoms with E-state index >= 15 is 0 Å². The van der Waals surface area contributed by atoms with E-state index in [9.17, 15) is 0 Å². The Labute approximate surface area is 62.2 Å². The van der Waals surface area contributed by atoms with E-state index in [1.807, 2.05) is 0 Å². The molecule has 0 radical (unpaired) electrons. The van der Waals surface area contributed by atoms with Crippen LogP contribution in [0.25, 0.3) is 0 Å². The zero-order valence-electron chi connectivity index (χ0n) is 4.47. The summed E-state index contributed by atoms with van der Waals surface area (Å²) in [7, 11) is 0. The SMILES string of the molecule is ClC1(Cl)CC1.O=C(O)O. The second-order valence-electron chi connectivity index (χ2n) is 1.64. The molecule has 9 heavy (non-hydrogen) atoms. The Hall–Kier alpha value is -0.150. The van der Waals surface area contributed by atoms with Crippen LogP contribution in [0.15, 0.2) is 0 Å². The van der Waals surface area contributed by atoms with Gasteiger partial charge in [-0.15, -0.1) is 23.2 Å². The molecule has 1 fully saturated rings. The minimum atomic E-state index is -1.83. The van der Waals surface area contributed by atoms with Crippen molar-refractivity contribution in [2.75, 3.05) is 0 Å². The highest BCUT2D eigenvalue weighted by atomic mass is 35.5. The molecular formula is C4H6Cl2O3. The van der Waals surface area contributed by atoms with Gasteiger partial charge in [0.15, 0.2) is 0 Å². The summed E-state index contributed by atoms with van der Waals surface area (Å²) >= 11 is 10.8. The molecule has 0 unspecified atom stereocenters. The molecule has 3 nitrogen and oxygen atoms in total. The van der Waals surface area contributed by atoms with Crippen molar-refractivity contribution in [2.45, 2.75) is 17.2 Å². The lowest BCUT2D eigenvalue weighted by Crippen LogP contribution is -1.81. The first-order valence-electron chi connectivity index (χ1n) is 2.24. The van der Waals surface area contributed by atoms with Gasteiger partial charge in [0.2, 0.25) is 0 Å². The van der Waals surface area contributed by atoms with Gasteiger partial charge in [0.25, 0.3) is 0 Å². The molecule has 0 aromatic heterocycles. The van der Waals surface area contributed by atoms with Crippen molar-refractivity contribution < 1.29 is 15.0 Å². The maximum absolute atomic E-state index is 8.56. The van der Waals surface area contributed by atoms with Gasteiger partial charge >= 0.3 is 6.16 Å². The molecule has 1 aliphatic carbocycles. The summed E-state index contributed by atoms with van der Waals surface area (Å²) < 4.78 is -0.306. The van der Waals surface area contributed by atoms with Crippen LogP contribution < -0.4 is 0 Å². The van der Waals surface area contributed by atoms with E-state index in [4.69, 9.17) is 38.2 Å². The molecule has 0 amide bonds. The quantitative estimate of drug-likeness (QED) is 0.552. The van der Waals surface area contributed by atoms with Crippen molar-refractivity contribution in [1.29, 1.82) is 0 Å². The molecular weight excluding hydrogens is 167 g/mol. The van der Waals surface area contributed by atoms with Crippen molar-refractivity contribution in [1.82, 2.24) is 0 Å². The van der Waals surface area contributed by atoms with Crippen molar-refractivity contribution >= 4 is 29.4 Å². The Morgan fingerprint density at radius 2 is 1.44 bits per heavy atom. The van der Waals surface area contributed by atoms with E-state index < -0.39 is 6.16 Å². The monoisotopic (exact) mass is 172 g/mol. The van der Waals surface area contributed by atoms with Crippen LogP contribution in [0.2, 0.25) is 0 Å². The smallest absolute Gasteiger partial charge is 0.450 e. The molecule has 1 saturated carbocycles. The van der Waals surface area contributed by atoms with Crippen LogP contribution in [0, 0.1) is 0 Å². The molecule has 2 N–H and O–H groups in total. The second kappa shape index (κ2) is 3.13. The van der Waals surface area contributed by atoms with Gasteiger partial charge in [-0.05, 0) is 12.8 Å². The van der Waals surface area contributed by atoms with Crippen LogP contribution >= 0.6 is 23.2 Å². The summed E-state index contributed by atoms with van der Waals surface area (Å²) in [5.74, 6) is 0. The normalized spacial score (nSPS) is 19.3. The van der Waals surface area contributed by atoms with Crippen molar-refractivity contribution in [3.05, 3.63) is 0 Å². The summed E-state index contributed by atoms with van der Waals surface area (Å²) in [6.45, 7) is 0. The molecule has 0 saturated heterocycles. The van der Waals surface area contributed by atoms with Crippen LogP contribution in [0.3, 0.4) is 0 Å². The van der Waals surface area contributed by atoms with Gasteiger partial charge in [-0.2, -0.15) is 0 Å². The molecule has 1 aliphatic rings. The maximum Gasteiger partial charge on any atom is 0.503 e. The fourth-order valence-corrected chi connectivity index (χ4v) is 0.283. The first-order chi connectivity index (χ1) is 3.94. The molecule has 0 aliphatic heterocycles. The lowest BCUT2D eigenvalue weighted by Gasteiger charge is -1.79. The first kappa shape index (κ1) is 8.85. The molecule has 5 heteroatoms. The summed E-state index contributed by atoms with van der Waals surface area (Å²) in [6.07, 6.45) is 0.131. The molecule has 0 atom stereocenters.